The zero-order valence-corrected chi connectivity index (χ0v) is 9.62. The fourth-order valence-electron chi connectivity index (χ4n) is 1.95. The highest BCUT2D eigenvalue weighted by molar-refractivity contribution is 5.99. The van der Waals surface area contributed by atoms with Crippen LogP contribution in [0.5, 0.6) is 0 Å². The first kappa shape index (κ1) is 11.0. The third kappa shape index (κ3) is 2.35. The number of hydrogen-bond acceptors (Lipinski definition) is 3. The van der Waals surface area contributed by atoms with E-state index in [-0.39, 0.29) is 5.78 Å². The first-order chi connectivity index (χ1) is 7.66. The van der Waals surface area contributed by atoms with Gasteiger partial charge in [0.1, 0.15) is 0 Å². The number of carbonyl (C=O) groups excluding carboxylic acids is 1. The fourth-order valence-corrected chi connectivity index (χ4v) is 1.95. The Kier molecular flexibility index (Phi) is 3.13. The lowest BCUT2D eigenvalue weighted by Gasteiger charge is -2.26. The standard InChI is InChI=1S/C13H18N2O/c1-9(16)12-6-5-11(7-13(12)14)15-8-10-3-2-4-10/h5-7,10,15H,2-4,8,14H2,1H3. The summed E-state index contributed by atoms with van der Waals surface area (Å²) in [5.41, 5.74) is 7.99. The quantitative estimate of drug-likeness (QED) is 0.603. The fraction of sp³-hybridized carbons (Fsp3) is 0.462. The van der Waals surface area contributed by atoms with E-state index in [2.05, 4.69) is 5.32 Å². The Labute approximate surface area is 96.0 Å². The van der Waals surface area contributed by atoms with Crippen LogP contribution in [0.2, 0.25) is 0 Å². The van der Waals surface area contributed by atoms with E-state index in [9.17, 15) is 4.79 Å². The van der Waals surface area contributed by atoms with Crippen molar-refractivity contribution < 1.29 is 4.79 Å². The molecule has 2 rings (SSSR count). The van der Waals surface area contributed by atoms with Crippen molar-refractivity contribution in [2.24, 2.45) is 5.92 Å². The van der Waals surface area contributed by atoms with Crippen molar-refractivity contribution in [2.45, 2.75) is 26.2 Å². The number of nitrogen functional groups attached to an aromatic ring is 1. The van der Waals surface area contributed by atoms with Gasteiger partial charge in [0.25, 0.3) is 0 Å². The van der Waals surface area contributed by atoms with Crippen LogP contribution in [0.25, 0.3) is 0 Å². The van der Waals surface area contributed by atoms with Crippen LogP contribution in [0.1, 0.15) is 36.5 Å². The molecule has 0 amide bonds. The van der Waals surface area contributed by atoms with Crippen LogP contribution in [0.4, 0.5) is 11.4 Å². The van der Waals surface area contributed by atoms with Crippen LogP contribution >= 0.6 is 0 Å². The number of ketones is 1. The monoisotopic (exact) mass is 218 g/mol. The van der Waals surface area contributed by atoms with Gasteiger partial charge in [0, 0.05) is 23.5 Å². The highest BCUT2D eigenvalue weighted by Crippen LogP contribution is 2.27. The molecule has 0 saturated heterocycles. The minimum Gasteiger partial charge on any atom is -0.398 e. The molecule has 16 heavy (non-hydrogen) atoms. The number of nitrogens with one attached hydrogen (secondary N) is 1. The molecule has 1 saturated carbocycles. The normalized spacial score (nSPS) is 15.6. The number of benzene rings is 1. The molecule has 1 aromatic carbocycles. The lowest BCUT2D eigenvalue weighted by Crippen LogP contribution is -2.20. The summed E-state index contributed by atoms with van der Waals surface area (Å²) in [7, 11) is 0. The predicted molar refractivity (Wildman–Crippen MR) is 66.7 cm³/mol. The Morgan fingerprint density at radius 1 is 1.50 bits per heavy atom. The summed E-state index contributed by atoms with van der Waals surface area (Å²) in [4.78, 5) is 11.2. The van der Waals surface area contributed by atoms with E-state index in [1.54, 1.807) is 6.07 Å². The lowest BCUT2D eigenvalue weighted by atomic mass is 9.85. The van der Waals surface area contributed by atoms with E-state index in [4.69, 9.17) is 5.73 Å². The van der Waals surface area contributed by atoms with Crippen LogP contribution in [0.3, 0.4) is 0 Å². The van der Waals surface area contributed by atoms with Gasteiger partial charge in [-0.1, -0.05) is 6.42 Å². The second-order valence-electron chi connectivity index (χ2n) is 4.54. The number of rotatable bonds is 4. The molecular formula is C13H18N2O. The molecule has 0 bridgehead atoms. The number of anilines is 2. The summed E-state index contributed by atoms with van der Waals surface area (Å²) in [5.74, 6) is 0.830. The highest BCUT2D eigenvalue weighted by Gasteiger charge is 2.16. The van der Waals surface area contributed by atoms with Crippen molar-refractivity contribution in [3.05, 3.63) is 23.8 Å². The van der Waals surface area contributed by atoms with Crippen molar-refractivity contribution in [3.63, 3.8) is 0 Å². The molecule has 86 valence electrons. The average molecular weight is 218 g/mol. The van der Waals surface area contributed by atoms with Crippen molar-refractivity contribution in [3.8, 4) is 0 Å². The Bertz CT molecular complexity index is 397. The molecule has 0 unspecified atom stereocenters. The first-order valence-electron chi connectivity index (χ1n) is 5.81. The van der Waals surface area contributed by atoms with Crippen molar-refractivity contribution in [2.75, 3.05) is 17.6 Å². The second kappa shape index (κ2) is 4.56. The first-order valence-corrected chi connectivity index (χ1v) is 5.81. The van der Waals surface area contributed by atoms with Crippen molar-refractivity contribution in [1.29, 1.82) is 0 Å². The molecule has 3 heteroatoms. The Morgan fingerprint density at radius 2 is 2.25 bits per heavy atom. The Balaban J connectivity index is 1.99. The van der Waals surface area contributed by atoms with Gasteiger partial charge in [0.05, 0.1) is 0 Å². The van der Waals surface area contributed by atoms with Gasteiger partial charge >= 0.3 is 0 Å². The molecule has 0 atom stereocenters. The lowest BCUT2D eigenvalue weighted by molar-refractivity contribution is 0.101. The van der Waals surface area contributed by atoms with Crippen LogP contribution in [-0.4, -0.2) is 12.3 Å². The molecule has 1 aliphatic carbocycles. The van der Waals surface area contributed by atoms with Gasteiger partial charge in [-0.2, -0.15) is 0 Å². The summed E-state index contributed by atoms with van der Waals surface area (Å²) in [6.07, 6.45) is 4.01. The van der Waals surface area contributed by atoms with E-state index >= 15 is 0 Å². The molecule has 0 radical (unpaired) electrons. The number of nitrogens with two attached hydrogens (primary N) is 1. The van der Waals surface area contributed by atoms with Crippen LogP contribution in [0, 0.1) is 5.92 Å². The largest absolute Gasteiger partial charge is 0.398 e. The third-order valence-electron chi connectivity index (χ3n) is 3.25. The molecule has 0 aromatic heterocycles. The van der Waals surface area contributed by atoms with Gasteiger partial charge in [0.2, 0.25) is 0 Å². The number of carbonyl (C=O) groups is 1. The number of hydrogen-bond donors (Lipinski definition) is 2. The summed E-state index contributed by atoms with van der Waals surface area (Å²) >= 11 is 0. The second-order valence-corrected chi connectivity index (χ2v) is 4.54. The average Bonchev–Trinajstić information content (AvgIpc) is 2.14. The van der Waals surface area contributed by atoms with E-state index in [0.29, 0.717) is 11.3 Å². The molecule has 1 fully saturated rings. The Morgan fingerprint density at radius 3 is 2.75 bits per heavy atom. The van der Waals surface area contributed by atoms with Crippen molar-refractivity contribution >= 4 is 17.2 Å². The van der Waals surface area contributed by atoms with E-state index < -0.39 is 0 Å². The maximum Gasteiger partial charge on any atom is 0.161 e. The van der Waals surface area contributed by atoms with Crippen LogP contribution in [0.15, 0.2) is 18.2 Å². The molecule has 3 N–H and O–H groups in total. The SMILES string of the molecule is CC(=O)c1ccc(NCC2CCC2)cc1N. The van der Waals surface area contributed by atoms with Crippen LogP contribution in [-0.2, 0) is 0 Å². The Hall–Kier alpha value is -1.51. The van der Waals surface area contributed by atoms with E-state index in [1.165, 1.54) is 26.2 Å². The van der Waals surface area contributed by atoms with Gasteiger partial charge in [0.15, 0.2) is 5.78 Å². The summed E-state index contributed by atoms with van der Waals surface area (Å²) in [6, 6.07) is 5.56. The van der Waals surface area contributed by atoms with Crippen LogP contribution < -0.4 is 11.1 Å². The topological polar surface area (TPSA) is 55.1 Å². The minimum atomic E-state index is 0.0167. The molecule has 3 nitrogen and oxygen atoms in total. The maximum atomic E-state index is 11.2. The number of Topliss-reactive ketones (excluding diaryl/α,β-unsaturated/α-hetero) is 1. The minimum absolute atomic E-state index is 0.0167. The third-order valence-corrected chi connectivity index (χ3v) is 3.25. The van der Waals surface area contributed by atoms with Crippen molar-refractivity contribution in [1.82, 2.24) is 0 Å². The summed E-state index contributed by atoms with van der Waals surface area (Å²) in [5, 5.41) is 3.36. The van der Waals surface area contributed by atoms with Gasteiger partial charge in [-0.3, -0.25) is 4.79 Å². The van der Waals surface area contributed by atoms with E-state index in [0.717, 1.165) is 18.2 Å². The summed E-state index contributed by atoms with van der Waals surface area (Å²) in [6.45, 7) is 2.55. The predicted octanol–water partition coefficient (Wildman–Crippen LogP) is 2.68. The molecule has 1 aliphatic rings. The summed E-state index contributed by atoms with van der Waals surface area (Å²) < 4.78 is 0. The molecular weight excluding hydrogens is 200 g/mol. The maximum absolute atomic E-state index is 11.2. The smallest absolute Gasteiger partial charge is 0.161 e. The zero-order chi connectivity index (χ0) is 11.5. The van der Waals surface area contributed by atoms with E-state index in [1.807, 2.05) is 12.1 Å². The molecule has 1 aromatic rings. The van der Waals surface area contributed by atoms with Gasteiger partial charge in [-0.15, -0.1) is 0 Å². The van der Waals surface area contributed by atoms with Gasteiger partial charge in [-0.25, -0.2) is 0 Å². The van der Waals surface area contributed by atoms with Gasteiger partial charge < -0.3 is 11.1 Å². The molecule has 0 spiro atoms. The zero-order valence-electron chi connectivity index (χ0n) is 9.62. The highest BCUT2D eigenvalue weighted by atomic mass is 16.1. The molecule has 0 aliphatic heterocycles. The molecule has 0 heterocycles. The van der Waals surface area contributed by atoms with Gasteiger partial charge in [-0.05, 0) is 43.9 Å².